The van der Waals surface area contributed by atoms with Crippen LogP contribution in [-0.4, -0.2) is 52.4 Å². The molecule has 27 heavy (non-hydrogen) atoms. The molecule has 0 bridgehead atoms. The van der Waals surface area contributed by atoms with Crippen molar-refractivity contribution in [3.63, 3.8) is 0 Å². The average Bonchev–Trinajstić information content (AvgIpc) is 3.34. The van der Waals surface area contributed by atoms with Crippen LogP contribution in [0.15, 0.2) is 6.33 Å². The summed E-state index contributed by atoms with van der Waals surface area (Å²) in [6, 6.07) is 0.174. The lowest BCUT2D eigenvalue weighted by Gasteiger charge is -2.17. The highest BCUT2D eigenvalue weighted by molar-refractivity contribution is 7.82. The van der Waals surface area contributed by atoms with Gasteiger partial charge in [0, 0.05) is 0 Å². The first-order valence-corrected chi connectivity index (χ1v) is 10.2. The van der Waals surface area contributed by atoms with Gasteiger partial charge in [-0.3, -0.25) is 4.57 Å². The first-order chi connectivity index (χ1) is 12.9. The number of anilines is 1. The van der Waals surface area contributed by atoms with Crippen molar-refractivity contribution in [1.29, 1.82) is 0 Å². The molecule has 12 heteroatoms. The summed E-state index contributed by atoms with van der Waals surface area (Å²) in [5.74, 6) is 0.186. The molecule has 3 aliphatic rings. The van der Waals surface area contributed by atoms with E-state index in [4.69, 9.17) is 23.6 Å². The molecule has 2 aromatic rings. The number of hydrogen-bond acceptors (Lipinski definition) is 10. The number of ether oxygens (including phenoxy) is 2. The number of aromatic nitrogens is 4. The topological polar surface area (TPSA) is 141 Å². The van der Waals surface area contributed by atoms with Crippen molar-refractivity contribution in [2.24, 2.45) is 0 Å². The Labute approximate surface area is 155 Å². The third-order valence-electron chi connectivity index (χ3n) is 5.16. The maximum Gasteiger partial charge on any atom is 0.400 e. The fourth-order valence-electron chi connectivity index (χ4n) is 3.87. The van der Waals surface area contributed by atoms with Gasteiger partial charge in [-0.05, 0) is 32.6 Å². The lowest BCUT2D eigenvalue weighted by Crippen LogP contribution is -2.27. The van der Waals surface area contributed by atoms with E-state index in [1.165, 1.54) is 6.33 Å². The van der Waals surface area contributed by atoms with Crippen LogP contribution < -0.4 is 10.5 Å². The van der Waals surface area contributed by atoms with Gasteiger partial charge in [0.2, 0.25) is 0 Å². The van der Waals surface area contributed by atoms with Gasteiger partial charge in [0.25, 0.3) is 0 Å². The highest BCUT2D eigenvalue weighted by atomic mass is 32.3. The van der Waals surface area contributed by atoms with Crippen molar-refractivity contribution in [3.05, 3.63) is 6.33 Å². The summed E-state index contributed by atoms with van der Waals surface area (Å²) < 4.78 is 46.7. The zero-order valence-corrected chi connectivity index (χ0v) is 15.3. The van der Waals surface area contributed by atoms with Crippen molar-refractivity contribution in [2.45, 2.75) is 63.3 Å². The molecule has 0 amide bonds. The predicted octanol–water partition coefficient (Wildman–Crippen LogP) is 0.676. The van der Waals surface area contributed by atoms with E-state index in [0.29, 0.717) is 11.2 Å². The quantitative estimate of drug-likeness (QED) is 0.785. The van der Waals surface area contributed by atoms with Crippen LogP contribution in [0.4, 0.5) is 5.82 Å². The summed E-state index contributed by atoms with van der Waals surface area (Å²) >= 11 is 0. The van der Waals surface area contributed by atoms with Gasteiger partial charge in [0.05, 0.1) is 12.4 Å². The monoisotopic (exact) mass is 397 g/mol. The Hall–Kier alpha value is -2.02. The molecule has 1 aliphatic carbocycles. The second kappa shape index (κ2) is 5.99. The van der Waals surface area contributed by atoms with Crippen molar-refractivity contribution < 1.29 is 26.3 Å². The maximum absolute atomic E-state index is 11.7. The summed E-state index contributed by atoms with van der Waals surface area (Å²) in [7, 11) is -4.04. The third kappa shape index (κ3) is 2.83. The molecule has 2 N–H and O–H groups in total. The second-order valence-electron chi connectivity index (χ2n) is 7.00. The van der Waals surface area contributed by atoms with E-state index < -0.39 is 34.9 Å². The van der Waals surface area contributed by atoms with E-state index in [0.717, 1.165) is 25.7 Å². The van der Waals surface area contributed by atoms with Crippen LogP contribution in [0.25, 0.3) is 11.2 Å². The minimum Gasteiger partial charge on any atom is -0.460 e. The van der Waals surface area contributed by atoms with Crippen LogP contribution in [0.2, 0.25) is 0 Å². The number of hydrogen-bond donors (Lipinski definition) is 1. The molecule has 5 rings (SSSR count). The number of nitrogens with two attached hydrogens (primary N) is 1. The van der Waals surface area contributed by atoms with Gasteiger partial charge in [-0.15, -0.1) is 0 Å². The number of imidazole rings is 1. The van der Waals surface area contributed by atoms with Crippen LogP contribution in [-0.2, 0) is 23.5 Å². The average molecular weight is 397 g/mol. The van der Waals surface area contributed by atoms with Crippen molar-refractivity contribution >= 4 is 27.4 Å². The van der Waals surface area contributed by atoms with E-state index in [9.17, 15) is 8.42 Å². The SMILES string of the molecule is C[C@H]1O[C@@H](n2cnc3c(N)nc(OC4CCCC4)nc32)[C@@H]2OS(=O)(=O)O[C@@H]21. The summed E-state index contributed by atoms with van der Waals surface area (Å²) in [4.78, 5) is 12.9. The van der Waals surface area contributed by atoms with Crippen LogP contribution in [0.1, 0.15) is 38.8 Å². The Bertz CT molecular complexity index is 988. The second-order valence-corrected chi connectivity index (χ2v) is 8.20. The minimum atomic E-state index is -4.04. The molecular weight excluding hydrogens is 378 g/mol. The molecule has 4 heterocycles. The molecule has 3 fully saturated rings. The van der Waals surface area contributed by atoms with Crippen LogP contribution >= 0.6 is 0 Å². The van der Waals surface area contributed by atoms with Gasteiger partial charge < -0.3 is 15.2 Å². The molecule has 2 saturated heterocycles. The molecule has 1 saturated carbocycles. The number of nitrogens with zero attached hydrogens (tertiary/aromatic N) is 4. The largest absolute Gasteiger partial charge is 0.460 e. The number of rotatable bonds is 3. The molecule has 2 aliphatic heterocycles. The predicted molar refractivity (Wildman–Crippen MR) is 90.9 cm³/mol. The Morgan fingerprint density at radius 3 is 2.74 bits per heavy atom. The highest BCUT2D eigenvalue weighted by Gasteiger charge is 2.55. The van der Waals surface area contributed by atoms with E-state index in [2.05, 4.69) is 15.0 Å². The summed E-state index contributed by atoms with van der Waals surface area (Å²) in [5, 5.41) is 0. The Kier molecular flexibility index (Phi) is 3.79. The van der Waals surface area contributed by atoms with Gasteiger partial charge in [-0.1, -0.05) is 0 Å². The van der Waals surface area contributed by atoms with Crippen LogP contribution in [0.5, 0.6) is 6.01 Å². The van der Waals surface area contributed by atoms with Crippen LogP contribution in [0, 0.1) is 0 Å². The smallest absolute Gasteiger partial charge is 0.400 e. The summed E-state index contributed by atoms with van der Waals surface area (Å²) in [6.07, 6.45) is 2.86. The van der Waals surface area contributed by atoms with Gasteiger partial charge in [-0.2, -0.15) is 18.4 Å². The van der Waals surface area contributed by atoms with E-state index in [1.54, 1.807) is 11.5 Å². The molecule has 0 unspecified atom stereocenters. The summed E-state index contributed by atoms with van der Waals surface area (Å²) in [5.41, 5.74) is 6.80. The van der Waals surface area contributed by atoms with Gasteiger partial charge >= 0.3 is 16.4 Å². The van der Waals surface area contributed by atoms with E-state index >= 15 is 0 Å². The van der Waals surface area contributed by atoms with Crippen LogP contribution in [0.3, 0.4) is 0 Å². The van der Waals surface area contributed by atoms with Crippen molar-refractivity contribution in [2.75, 3.05) is 5.73 Å². The molecule has 2 aromatic heterocycles. The zero-order valence-electron chi connectivity index (χ0n) is 14.5. The maximum atomic E-state index is 11.7. The molecule has 146 valence electrons. The van der Waals surface area contributed by atoms with Crippen molar-refractivity contribution in [3.8, 4) is 6.01 Å². The van der Waals surface area contributed by atoms with E-state index in [-0.39, 0.29) is 17.9 Å². The fourth-order valence-corrected chi connectivity index (χ4v) is 4.93. The molecule has 11 nitrogen and oxygen atoms in total. The molecular formula is C15H19N5O6S. The summed E-state index contributed by atoms with van der Waals surface area (Å²) in [6.45, 7) is 1.72. The minimum absolute atomic E-state index is 0.0714. The first kappa shape index (κ1) is 17.1. The standard InChI is InChI=1S/C15H19N5O6S/c1-7-10-11(26-27(21,22)25-10)14(23-7)20-6-17-9-12(16)18-15(19-13(9)20)24-8-4-2-3-5-8/h6-8,10-11,14H,2-5H2,1H3,(H2,16,18,19)/t7-,10-,11-,14-/m1/s1. The molecule has 0 aromatic carbocycles. The normalized spacial score (nSPS) is 32.9. The highest BCUT2D eigenvalue weighted by Crippen LogP contribution is 2.41. The Morgan fingerprint density at radius 2 is 1.96 bits per heavy atom. The number of fused-ring (bicyclic) bond motifs is 2. The third-order valence-corrected chi connectivity index (χ3v) is 6.07. The molecule has 4 atom stereocenters. The molecule has 0 radical (unpaired) electrons. The van der Waals surface area contributed by atoms with E-state index in [1.807, 2.05) is 0 Å². The van der Waals surface area contributed by atoms with Gasteiger partial charge in [-0.25, -0.2) is 13.4 Å². The number of nitrogen functional groups attached to an aromatic ring is 1. The fraction of sp³-hybridized carbons (Fsp3) is 0.667. The van der Waals surface area contributed by atoms with Gasteiger partial charge in [0.1, 0.15) is 12.2 Å². The first-order valence-electron chi connectivity index (χ1n) is 8.85. The molecule has 0 spiro atoms. The zero-order chi connectivity index (χ0) is 18.8. The Balaban J connectivity index is 1.52. The van der Waals surface area contributed by atoms with Gasteiger partial charge in [0.15, 0.2) is 29.3 Å². The van der Waals surface area contributed by atoms with Crippen molar-refractivity contribution in [1.82, 2.24) is 19.5 Å². The lowest BCUT2D eigenvalue weighted by molar-refractivity contribution is -0.0281. The lowest BCUT2D eigenvalue weighted by atomic mass is 10.1. The Morgan fingerprint density at radius 1 is 1.22 bits per heavy atom.